The van der Waals surface area contributed by atoms with Crippen LogP contribution in [0.1, 0.15) is 5.56 Å². The number of rotatable bonds is 0. The fourth-order valence-electron chi connectivity index (χ4n) is 1.57. The molecule has 3 rings (SSSR count). The molecule has 0 radical (unpaired) electrons. The molecule has 1 atom stereocenters. The highest BCUT2D eigenvalue weighted by molar-refractivity contribution is 8.05. The number of hydrogen-bond acceptors (Lipinski definition) is 4. The van der Waals surface area contributed by atoms with Crippen LogP contribution in [0.3, 0.4) is 0 Å². The summed E-state index contributed by atoms with van der Waals surface area (Å²) in [7, 11) is 0. The van der Waals surface area contributed by atoms with E-state index >= 15 is 0 Å². The van der Waals surface area contributed by atoms with E-state index in [1.165, 1.54) is 11.8 Å². The van der Waals surface area contributed by atoms with Crippen LogP contribution in [0.5, 0.6) is 5.75 Å². The van der Waals surface area contributed by atoms with Gasteiger partial charge in [0.2, 0.25) is 0 Å². The van der Waals surface area contributed by atoms with Crippen molar-refractivity contribution in [3.05, 3.63) is 41.0 Å². The lowest BCUT2D eigenvalue weighted by Crippen LogP contribution is -2.08. The summed E-state index contributed by atoms with van der Waals surface area (Å²) in [5.41, 5.74) is 7.54. The maximum Gasteiger partial charge on any atom is 0.149 e. The number of nitrogens with zero attached hydrogens (tertiary/aromatic N) is 1. The average molecular weight is 204 g/mol. The van der Waals surface area contributed by atoms with E-state index < -0.39 is 0 Å². The van der Waals surface area contributed by atoms with Gasteiger partial charge in [-0.3, -0.25) is 4.99 Å². The third kappa shape index (κ3) is 1.08. The second kappa shape index (κ2) is 2.87. The highest BCUT2D eigenvalue weighted by atomic mass is 32.2. The zero-order valence-electron chi connectivity index (χ0n) is 7.31. The normalized spacial score (nSPS) is 23.1. The molecule has 70 valence electrons. The molecule has 1 aromatic rings. The maximum absolute atomic E-state index is 5.73. The predicted octanol–water partition coefficient (Wildman–Crippen LogP) is 1.70. The molecule has 0 fully saturated rings. The molecule has 0 saturated heterocycles. The first-order valence-corrected chi connectivity index (χ1v) is 5.19. The van der Waals surface area contributed by atoms with Gasteiger partial charge in [-0.1, -0.05) is 23.9 Å². The number of thioether (sulfide) groups is 1. The summed E-state index contributed by atoms with van der Waals surface area (Å²) in [4.78, 5) is 5.39. The summed E-state index contributed by atoms with van der Waals surface area (Å²) in [5.74, 6) is 0.852. The van der Waals surface area contributed by atoms with Gasteiger partial charge in [0.15, 0.2) is 0 Å². The Kier molecular flexibility index (Phi) is 1.65. The number of para-hydroxylation sites is 1. The Morgan fingerprint density at radius 2 is 2.21 bits per heavy atom. The van der Waals surface area contributed by atoms with E-state index in [0.717, 1.165) is 21.9 Å². The number of aliphatic imine (C=N–C) groups is 1. The van der Waals surface area contributed by atoms with Crippen molar-refractivity contribution in [3.8, 4) is 5.75 Å². The van der Waals surface area contributed by atoms with Crippen LogP contribution in [0, 0.1) is 0 Å². The molecule has 1 unspecified atom stereocenters. The molecule has 2 aliphatic heterocycles. The van der Waals surface area contributed by atoms with E-state index in [9.17, 15) is 0 Å². The second-order valence-electron chi connectivity index (χ2n) is 3.08. The van der Waals surface area contributed by atoms with E-state index in [4.69, 9.17) is 10.5 Å². The first-order valence-electron chi connectivity index (χ1n) is 4.31. The molecular formula is C10H8N2OS. The van der Waals surface area contributed by atoms with E-state index in [1.807, 2.05) is 24.3 Å². The van der Waals surface area contributed by atoms with E-state index in [1.54, 1.807) is 6.26 Å². The lowest BCUT2D eigenvalue weighted by Gasteiger charge is -2.14. The third-order valence-corrected chi connectivity index (χ3v) is 3.06. The highest BCUT2D eigenvalue weighted by Gasteiger charge is 2.27. The van der Waals surface area contributed by atoms with Crippen molar-refractivity contribution in [2.75, 3.05) is 0 Å². The minimum Gasteiger partial charge on any atom is -0.463 e. The van der Waals surface area contributed by atoms with Crippen molar-refractivity contribution >= 4 is 17.5 Å². The largest absolute Gasteiger partial charge is 0.463 e. The molecule has 0 aromatic heterocycles. The van der Waals surface area contributed by atoms with Gasteiger partial charge in [-0.2, -0.15) is 0 Å². The molecular weight excluding hydrogens is 196 g/mol. The van der Waals surface area contributed by atoms with Crippen LogP contribution in [0.4, 0.5) is 0 Å². The predicted molar refractivity (Wildman–Crippen MR) is 57.3 cm³/mol. The Bertz CT molecular complexity index is 453. The Hall–Kier alpha value is -1.26. The fourth-order valence-corrected chi connectivity index (χ4v) is 2.37. The van der Waals surface area contributed by atoms with Crippen LogP contribution in [-0.4, -0.2) is 11.2 Å². The van der Waals surface area contributed by atoms with Gasteiger partial charge in [0.1, 0.15) is 17.5 Å². The summed E-state index contributed by atoms with van der Waals surface area (Å²) in [6.45, 7) is 0. The summed E-state index contributed by atoms with van der Waals surface area (Å²) in [5, 5.41) is 0. The quantitative estimate of drug-likeness (QED) is 0.699. The van der Waals surface area contributed by atoms with Crippen LogP contribution in [0.25, 0.3) is 0 Å². The summed E-state index contributed by atoms with van der Waals surface area (Å²) >= 11 is 1.52. The molecule has 2 aliphatic rings. The van der Waals surface area contributed by atoms with Crippen molar-refractivity contribution in [2.45, 2.75) is 5.50 Å². The highest BCUT2D eigenvalue weighted by Crippen LogP contribution is 2.37. The molecule has 0 aliphatic carbocycles. The molecule has 0 bridgehead atoms. The molecule has 3 nitrogen and oxygen atoms in total. The fraction of sp³-hybridized carbons (Fsp3) is 0.100. The molecule has 14 heavy (non-hydrogen) atoms. The van der Waals surface area contributed by atoms with E-state index in [2.05, 4.69) is 4.99 Å². The van der Waals surface area contributed by atoms with E-state index in [-0.39, 0.29) is 5.50 Å². The number of allylic oxidation sites excluding steroid dienone is 1. The Labute approximate surface area is 85.7 Å². The van der Waals surface area contributed by atoms with Gasteiger partial charge in [0.25, 0.3) is 0 Å². The van der Waals surface area contributed by atoms with Crippen molar-refractivity contribution in [1.82, 2.24) is 0 Å². The minimum absolute atomic E-state index is 0.189. The molecule has 0 amide bonds. The Morgan fingerprint density at radius 3 is 3.14 bits per heavy atom. The van der Waals surface area contributed by atoms with Gasteiger partial charge in [-0.25, -0.2) is 0 Å². The SMILES string of the molecule is NC1N=C2C(=COc3ccccc32)S1. The smallest absolute Gasteiger partial charge is 0.149 e. The van der Waals surface area contributed by atoms with Gasteiger partial charge >= 0.3 is 0 Å². The lowest BCUT2D eigenvalue weighted by atomic mass is 10.1. The van der Waals surface area contributed by atoms with Gasteiger partial charge in [-0.05, 0) is 12.1 Å². The van der Waals surface area contributed by atoms with Crippen molar-refractivity contribution in [3.63, 3.8) is 0 Å². The molecule has 1 aromatic carbocycles. The van der Waals surface area contributed by atoms with Gasteiger partial charge in [-0.15, -0.1) is 0 Å². The number of fused-ring (bicyclic) bond motifs is 3. The third-order valence-electron chi connectivity index (χ3n) is 2.17. The van der Waals surface area contributed by atoms with Gasteiger partial charge < -0.3 is 10.5 Å². The first-order chi connectivity index (χ1) is 6.84. The summed E-state index contributed by atoms with van der Waals surface area (Å²) in [6.07, 6.45) is 1.72. The molecule has 2 N–H and O–H groups in total. The molecule has 2 heterocycles. The average Bonchev–Trinajstić information content (AvgIpc) is 2.59. The van der Waals surface area contributed by atoms with Gasteiger partial charge in [0.05, 0.1) is 10.6 Å². The maximum atomic E-state index is 5.73. The monoisotopic (exact) mass is 204 g/mol. The van der Waals surface area contributed by atoms with Crippen molar-refractivity contribution < 1.29 is 4.74 Å². The van der Waals surface area contributed by atoms with Crippen LogP contribution in [0.2, 0.25) is 0 Å². The first kappa shape index (κ1) is 8.08. The molecule has 0 saturated carbocycles. The number of nitrogens with two attached hydrogens (primary N) is 1. The van der Waals surface area contributed by atoms with Crippen LogP contribution < -0.4 is 10.5 Å². The summed E-state index contributed by atoms with van der Waals surface area (Å²) < 4.78 is 5.47. The van der Waals surface area contributed by atoms with Gasteiger partial charge in [0, 0.05) is 5.56 Å². The zero-order valence-corrected chi connectivity index (χ0v) is 8.12. The van der Waals surface area contributed by atoms with E-state index in [0.29, 0.717) is 0 Å². The van der Waals surface area contributed by atoms with Crippen molar-refractivity contribution in [1.29, 1.82) is 0 Å². The zero-order chi connectivity index (χ0) is 9.54. The minimum atomic E-state index is -0.189. The van der Waals surface area contributed by atoms with Crippen molar-refractivity contribution in [2.24, 2.45) is 10.7 Å². The number of hydrogen-bond donors (Lipinski definition) is 1. The van der Waals surface area contributed by atoms with Crippen LogP contribution in [0.15, 0.2) is 40.4 Å². The Morgan fingerprint density at radius 1 is 1.36 bits per heavy atom. The topological polar surface area (TPSA) is 47.6 Å². The molecule has 0 spiro atoms. The molecule has 4 heteroatoms. The van der Waals surface area contributed by atoms with Crippen LogP contribution in [-0.2, 0) is 0 Å². The number of benzene rings is 1. The lowest BCUT2D eigenvalue weighted by molar-refractivity contribution is 0.476. The van der Waals surface area contributed by atoms with Crippen LogP contribution >= 0.6 is 11.8 Å². The number of ether oxygens (including phenoxy) is 1. The second-order valence-corrected chi connectivity index (χ2v) is 4.24. The standard InChI is InChI=1S/C10H8N2OS/c11-10-12-9-6-3-1-2-4-7(6)13-5-8(9)14-10/h1-5,10H,11H2. The summed E-state index contributed by atoms with van der Waals surface area (Å²) in [6, 6.07) is 7.85. The Balaban J connectivity index is 2.18.